The van der Waals surface area contributed by atoms with Gasteiger partial charge in [0.05, 0.1) is 6.07 Å². The van der Waals surface area contributed by atoms with Crippen LogP contribution in [0.1, 0.15) is 39.5 Å². The van der Waals surface area contributed by atoms with Crippen molar-refractivity contribution in [1.29, 1.82) is 5.26 Å². The van der Waals surface area contributed by atoms with Gasteiger partial charge in [-0.2, -0.15) is 5.26 Å². The summed E-state index contributed by atoms with van der Waals surface area (Å²) in [5, 5.41) is 11.8. The van der Waals surface area contributed by atoms with E-state index in [0.717, 1.165) is 25.7 Å². The summed E-state index contributed by atoms with van der Waals surface area (Å²) in [5.74, 6) is -0.0470. The molecule has 0 radical (unpaired) electrons. The largest absolute Gasteiger partial charge is 0.338 e. The van der Waals surface area contributed by atoms with Crippen molar-refractivity contribution in [3.63, 3.8) is 0 Å². The molecule has 3 heteroatoms. The number of carbonyl (C=O) groups is 1. The van der Waals surface area contributed by atoms with Crippen LogP contribution in [0.5, 0.6) is 0 Å². The van der Waals surface area contributed by atoms with Crippen molar-refractivity contribution in [2.24, 2.45) is 5.92 Å². The highest BCUT2D eigenvalue weighted by molar-refractivity contribution is 5.79. The van der Waals surface area contributed by atoms with Gasteiger partial charge in [0.15, 0.2) is 0 Å². The molecule has 0 aromatic carbocycles. The predicted molar refractivity (Wildman–Crippen MR) is 49.8 cm³/mol. The molecule has 0 unspecified atom stereocenters. The quantitative estimate of drug-likeness (QED) is 0.701. The smallest absolute Gasteiger partial charge is 0.223 e. The molecule has 1 N–H and O–H groups in total. The molecule has 13 heavy (non-hydrogen) atoms. The molecule has 1 amide bonds. The topological polar surface area (TPSA) is 52.9 Å². The van der Waals surface area contributed by atoms with Gasteiger partial charge in [0, 0.05) is 5.92 Å². The van der Waals surface area contributed by atoms with E-state index in [-0.39, 0.29) is 11.8 Å². The molecular weight excluding hydrogens is 164 g/mol. The molecule has 1 fully saturated rings. The fourth-order valence-corrected chi connectivity index (χ4v) is 1.62. The third-order valence-corrected chi connectivity index (χ3v) is 2.56. The zero-order chi connectivity index (χ0) is 9.90. The minimum Gasteiger partial charge on any atom is -0.338 e. The molecule has 0 heterocycles. The van der Waals surface area contributed by atoms with E-state index in [1.807, 2.05) is 13.8 Å². The van der Waals surface area contributed by atoms with Crippen LogP contribution < -0.4 is 5.32 Å². The van der Waals surface area contributed by atoms with Gasteiger partial charge in [0.25, 0.3) is 0 Å². The second-order valence-electron chi connectivity index (χ2n) is 4.04. The second-order valence-corrected chi connectivity index (χ2v) is 4.04. The predicted octanol–water partition coefficient (Wildman–Crippen LogP) is 1.59. The lowest BCUT2D eigenvalue weighted by molar-refractivity contribution is -0.125. The summed E-state index contributed by atoms with van der Waals surface area (Å²) in [4.78, 5) is 11.4. The molecule has 1 aliphatic rings. The first-order valence-electron chi connectivity index (χ1n) is 4.83. The van der Waals surface area contributed by atoms with E-state index in [1.165, 1.54) is 0 Å². The van der Waals surface area contributed by atoms with Gasteiger partial charge >= 0.3 is 0 Å². The number of nitrogens with zero attached hydrogens (tertiary/aromatic N) is 1. The van der Waals surface area contributed by atoms with Crippen molar-refractivity contribution in [1.82, 2.24) is 5.32 Å². The fourth-order valence-electron chi connectivity index (χ4n) is 1.62. The summed E-state index contributed by atoms with van der Waals surface area (Å²) in [6.45, 7) is 3.69. The van der Waals surface area contributed by atoms with Crippen molar-refractivity contribution >= 4 is 5.91 Å². The molecule has 3 nitrogen and oxygen atoms in total. The molecule has 0 aromatic rings. The number of nitriles is 1. The lowest BCUT2D eigenvalue weighted by Crippen LogP contribution is -2.46. The van der Waals surface area contributed by atoms with Crippen molar-refractivity contribution in [2.75, 3.05) is 0 Å². The Morgan fingerprint density at radius 1 is 1.46 bits per heavy atom. The minimum absolute atomic E-state index is 0.0107. The molecule has 1 saturated carbocycles. The molecule has 0 atom stereocenters. The Kier molecular flexibility index (Phi) is 2.92. The second kappa shape index (κ2) is 3.78. The molecule has 72 valence electrons. The number of hydrogen-bond acceptors (Lipinski definition) is 2. The number of nitrogens with one attached hydrogen (secondary N) is 1. The normalized spacial score (nSPS) is 19.8. The highest BCUT2D eigenvalue weighted by Crippen LogP contribution is 2.29. The van der Waals surface area contributed by atoms with Crippen molar-refractivity contribution < 1.29 is 4.79 Å². The maximum absolute atomic E-state index is 11.4. The molecule has 0 spiro atoms. The van der Waals surface area contributed by atoms with Gasteiger partial charge in [-0.05, 0) is 25.7 Å². The SMILES string of the molecule is CC(C)C(=O)NC1(C#N)CCCC1. The number of hydrogen-bond donors (Lipinski definition) is 1. The first-order chi connectivity index (χ1) is 6.09. The average Bonchev–Trinajstić information content (AvgIpc) is 2.54. The molecule has 1 aliphatic carbocycles. The maximum Gasteiger partial charge on any atom is 0.223 e. The zero-order valence-electron chi connectivity index (χ0n) is 8.26. The number of rotatable bonds is 2. The van der Waals surface area contributed by atoms with Gasteiger partial charge in [0.1, 0.15) is 5.54 Å². The highest BCUT2D eigenvalue weighted by Gasteiger charge is 2.35. The van der Waals surface area contributed by atoms with E-state index in [4.69, 9.17) is 5.26 Å². The summed E-state index contributed by atoms with van der Waals surface area (Å²) in [6, 6.07) is 2.23. The average molecular weight is 180 g/mol. The van der Waals surface area contributed by atoms with E-state index in [1.54, 1.807) is 0 Å². The zero-order valence-corrected chi connectivity index (χ0v) is 8.26. The Morgan fingerprint density at radius 2 is 2.00 bits per heavy atom. The lowest BCUT2D eigenvalue weighted by Gasteiger charge is -2.23. The number of amides is 1. The molecule has 0 bridgehead atoms. The Bertz CT molecular complexity index is 234. The van der Waals surface area contributed by atoms with Gasteiger partial charge in [-0.3, -0.25) is 4.79 Å². The van der Waals surface area contributed by atoms with Crippen LogP contribution in [0, 0.1) is 17.2 Å². The van der Waals surface area contributed by atoms with E-state index in [0.29, 0.717) is 0 Å². The van der Waals surface area contributed by atoms with Crippen LogP contribution in [0.2, 0.25) is 0 Å². The van der Waals surface area contributed by atoms with E-state index in [2.05, 4.69) is 11.4 Å². The van der Waals surface area contributed by atoms with Crippen LogP contribution in [-0.2, 0) is 4.79 Å². The standard InChI is InChI=1S/C10H16N2O/c1-8(2)9(13)12-10(7-11)5-3-4-6-10/h8H,3-6H2,1-2H3,(H,12,13). The lowest BCUT2D eigenvalue weighted by atomic mass is 9.99. The monoisotopic (exact) mass is 180 g/mol. The molecule has 0 aromatic heterocycles. The molecule has 0 aliphatic heterocycles. The number of carbonyl (C=O) groups excluding carboxylic acids is 1. The van der Waals surface area contributed by atoms with E-state index < -0.39 is 5.54 Å². The van der Waals surface area contributed by atoms with Crippen LogP contribution in [0.15, 0.2) is 0 Å². The van der Waals surface area contributed by atoms with Crippen LogP contribution in [0.4, 0.5) is 0 Å². The highest BCUT2D eigenvalue weighted by atomic mass is 16.2. The van der Waals surface area contributed by atoms with E-state index in [9.17, 15) is 4.79 Å². The summed E-state index contributed by atoms with van der Waals surface area (Å²) >= 11 is 0. The molecule has 1 rings (SSSR count). The Labute approximate surface area is 79.1 Å². The molecule has 0 saturated heterocycles. The maximum atomic E-state index is 11.4. The van der Waals surface area contributed by atoms with Gasteiger partial charge < -0.3 is 5.32 Å². The van der Waals surface area contributed by atoms with Gasteiger partial charge in [0.2, 0.25) is 5.91 Å². The minimum atomic E-state index is -0.554. The van der Waals surface area contributed by atoms with Gasteiger partial charge in [-0.25, -0.2) is 0 Å². The van der Waals surface area contributed by atoms with Crippen LogP contribution in [-0.4, -0.2) is 11.4 Å². The third kappa shape index (κ3) is 2.21. The first kappa shape index (κ1) is 10.0. The molecular formula is C10H16N2O. The van der Waals surface area contributed by atoms with Crippen LogP contribution in [0.25, 0.3) is 0 Å². The Balaban J connectivity index is 2.60. The first-order valence-corrected chi connectivity index (χ1v) is 4.83. The third-order valence-electron chi connectivity index (χ3n) is 2.56. The summed E-state index contributed by atoms with van der Waals surface area (Å²) in [6.07, 6.45) is 3.71. The van der Waals surface area contributed by atoms with Crippen molar-refractivity contribution in [3.8, 4) is 6.07 Å². The Morgan fingerprint density at radius 3 is 2.38 bits per heavy atom. The summed E-state index contributed by atoms with van der Waals surface area (Å²) in [5.41, 5.74) is -0.554. The van der Waals surface area contributed by atoms with Crippen molar-refractivity contribution in [3.05, 3.63) is 0 Å². The van der Waals surface area contributed by atoms with Gasteiger partial charge in [-0.1, -0.05) is 13.8 Å². The fraction of sp³-hybridized carbons (Fsp3) is 0.800. The van der Waals surface area contributed by atoms with Crippen molar-refractivity contribution in [2.45, 2.75) is 45.1 Å². The van der Waals surface area contributed by atoms with E-state index >= 15 is 0 Å². The summed E-state index contributed by atoms with van der Waals surface area (Å²) in [7, 11) is 0. The summed E-state index contributed by atoms with van der Waals surface area (Å²) < 4.78 is 0. The van der Waals surface area contributed by atoms with Crippen LogP contribution in [0.3, 0.4) is 0 Å². The van der Waals surface area contributed by atoms with Gasteiger partial charge in [-0.15, -0.1) is 0 Å². The Hall–Kier alpha value is -1.04. The van der Waals surface area contributed by atoms with Crippen LogP contribution >= 0.6 is 0 Å².